The van der Waals surface area contributed by atoms with Crippen molar-refractivity contribution in [1.82, 2.24) is 0 Å². The van der Waals surface area contributed by atoms with Crippen LogP contribution in [-0.4, -0.2) is 85.3 Å². The Bertz CT molecular complexity index is 1370. The van der Waals surface area contributed by atoms with Gasteiger partial charge in [0.05, 0.1) is 45.2 Å². The average Bonchev–Trinajstić information content (AvgIpc) is 3.11. The van der Waals surface area contributed by atoms with E-state index in [9.17, 15) is 9.59 Å². The standard InChI is InChI=1S/C24H30O7.C14H18O4/c1-24(16-28-17-24)15-27-13-3-4-14-29-20-7-5-19(6-8-20)23(25)31-22-11-9-21(10-12-22)30-18-26-2;1-3-14(15)18-11-9-16-8-10-17-13-6-4-12(2)5-7-13/h5-12H,3-4,13-18H2,1-2H3;3-7H,1,8-11H2,2H3. The molecule has 0 amide bonds. The lowest BCUT2D eigenvalue weighted by molar-refractivity contribution is -0.139. The first-order valence-electron chi connectivity index (χ1n) is 16.2. The van der Waals surface area contributed by atoms with Crippen LogP contribution in [0.15, 0.2) is 85.5 Å². The summed E-state index contributed by atoms with van der Waals surface area (Å²) in [7, 11) is 1.55. The summed E-state index contributed by atoms with van der Waals surface area (Å²) < 4.78 is 47.6. The van der Waals surface area contributed by atoms with Crippen molar-refractivity contribution < 1.29 is 52.2 Å². The number of benzene rings is 3. The summed E-state index contributed by atoms with van der Waals surface area (Å²) in [5, 5.41) is 0. The van der Waals surface area contributed by atoms with E-state index in [-0.39, 0.29) is 18.8 Å². The van der Waals surface area contributed by atoms with Crippen molar-refractivity contribution in [3.63, 3.8) is 0 Å². The second-order valence-electron chi connectivity index (χ2n) is 11.5. The molecule has 0 unspecified atom stereocenters. The van der Waals surface area contributed by atoms with Gasteiger partial charge in [-0.15, -0.1) is 0 Å². The number of carbonyl (C=O) groups excluding carboxylic acids is 2. The maximum atomic E-state index is 12.3. The molecule has 49 heavy (non-hydrogen) atoms. The third kappa shape index (κ3) is 16.0. The van der Waals surface area contributed by atoms with E-state index < -0.39 is 11.9 Å². The van der Waals surface area contributed by atoms with Gasteiger partial charge in [0.2, 0.25) is 0 Å². The highest BCUT2D eigenvalue weighted by molar-refractivity contribution is 5.91. The summed E-state index contributed by atoms with van der Waals surface area (Å²) in [6.07, 6.45) is 2.97. The molecule has 4 rings (SSSR count). The molecule has 1 aliphatic heterocycles. The first-order chi connectivity index (χ1) is 23.8. The Morgan fingerprint density at radius 2 is 1.31 bits per heavy atom. The molecule has 3 aromatic carbocycles. The third-order valence-electron chi connectivity index (χ3n) is 6.93. The minimum Gasteiger partial charge on any atom is -0.494 e. The van der Waals surface area contributed by atoms with Crippen LogP contribution in [0.25, 0.3) is 0 Å². The van der Waals surface area contributed by atoms with Crippen LogP contribution < -0.4 is 18.9 Å². The molecule has 0 aliphatic carbocycles. The predicted octanol–water partition coefficient (Wildman–Crippen LogP) is 6.22. The van der Waals surface area contributed by atoms with Crippen LogP contribution in [0.5, 0.6) is 23.0 Å². The van der Waals surface area contributed by atoms with Crippen molar-refractivity contribution >= 4 is 11.9 Å². The van der Waals surface area contributed by atoms with Crippen LogP contribution in [0, 0.1) is 12.3 Å². The lowest BCUT2D eigenvalue weighted by Crippen LogP contribution is -2.43. The van der Waals surface area contributed by atoms with Crippen molar-refractivity contribution in [1.29, 1.82) is 0 Å². The van der Waals surface area contributed by atoms with E-state index in [1.54, 1.807) is 55.6 Å². The van der Waals surface area contributed by atoms with Gasteiger partial charge in [-0.3, -0.25) is 0 Å². The van der Waals surface area contributed by atoms with Crippen molar-refractivity contribution in [2.75, 3.05) is 73.4 Å². The van der Waals surface area contributed by atoms with E-state index >= 15 is 0 Å². The smallest absolute Gasteiger partial charge is 0.343 e. The second kappa shape index (κ2) is 22.3. The third-order valence-corrected chi connectivity index (χ3v) is 6.93. The number of hydrogen-bond acceptors (Lipinski definition) is 11. The number of methoxy groups -OCH3 is 1. The summed E-state index contributed by atoms with van der Waals surface area (Å²) in [4.78, 5) is 23.0. The fourth-order valence-electron chi connectivity index (χ4n) is 4.15. The van der Waals surface area contributed by atoms with Crippen LogP contribution in [0.3, 0.4) is 0 Å². The summed E-state index contributed by atoms with van der Waals surface area (Å²) in [6, 6.07) is 21.5. The molecule has 0 bridgehead atoms. The molecular weight excluding hydrogens is 632 g/mol. The van der Waals surface area contributed by atoms with Crippen LogP contribution in [0.1, 0.15) is 35.7 Å². The van der Waals surface area contributed by atoms with Gasteiger partial charge in [-0.1, -0.05) is 31.2 Å². The number of rotatable bonds is 21. The number of hydrogen-bond donors (Lipinski definition) is 0. The van der Waals surface area contributed by atoms with Gasteiger partial charge in [0.1, 0.15) is 36.2 Å². The minimum atomic E-state index is -0.436. The fraction of sp³-hybridized carbons (Fsp3) is 0.421. The number of ether oxygens (including phenoxy) is 9. The fourth-order valence-corrected chi connectivity index (χ4v) is 4.15. The normalized spacial score (nSPS) is 12.8. The molecule has 1 aliphatic rings. The van der Waals surface area contributed by atoms with E-state index in [1.165, 1.54) is 5.56 Å². The summed E-state index contributed by atoms with van der Waals surface area (Å²) in [5.74, 6) is 1.75. The molecule has 1 saturated heterocycles. The van der Waals surface area contributed by atoms with Gasteiger partial charge >= 0.3 is 11.9 Å². The summed E-state index contributed by atoms with van der Waals surface area (Å²) in [5.41, 5.74) is 1.85. The van der Waals surface area contributed by atoms with Crippen LogP contribution in [0.2, 0.25) is 0 Å². The van der Waals surface area contributed by atoms with Crippen LogP contribution in [0.4, 0.5) is 0 Å². The quantitative estimate of drug-likeness (QED) is 0.0420. The zero-order chi connectivity index (χ0) is 35.2. The number of carbonyl (C=O) groups is 2. The van der Waals surface area contributed by atoms with Crippen molar-refractivity contribution in [3.05, 3.63) is 96.6 Å². The van der Waals surface area contributed by atoms with E-state index in [0.717, 1.165) is 56.8 Å². The topological polar surface area (TPSA) is 117 Å². The largest absolute Gasteiger partial charge is 0.494 e. The van der Waals surface area contributed by atoms with Crippen molar-refractivity contribution in [2.24, 2.45) is 5.41 Å². The summed E-state index contributed by atoms with van der Waals surface area (Å²) >= 11 is 0. The molecule has 0 N–H and O–H groups in total. The Morgan fingerprint density at radius 1 is 0.735 bits per heavy atom. The number of unbranched alkanes of at least 4 members (excludes halogenated alkanes) is 1. The molecular formula is C38H48O11. The first-order valence-corrected chi connectivity index (χ1v) is 16.2. The Kier molecular flexibility index (Phi) is 17.7. The number of aryl methyl sites for hydroxylation is 1. The van der Waals surface area contributed by atoms with E-state index in [4.69, 9.17) is 42.6 Å². The SMILES string of the molecule is C=CC(=O)OCCOCCOc1ccc(C)cc1.COCOc1ccc(OC(=O)c2ccc(OCCCCOCC3(C)COC3)cc2)cc1. The lowest BCUT2D eigenvalue weighted by atomic mass is 9.90. The van der Waals surface area contributed by atoms with E-state index in [0.29, 0.717) is 43.5 Å². The molecule has 1 heterocycles. The molecule has 0 spiro atoms. The van der Waals surface area contributed by atoms with Gasteiger partial charge in [0.15, 0.2) is 6.79 Å². The van der Waals surface area contributed by atoms with E-state index in [1.807, 2.05) is 31.2 Å². The highest BCUT2D eigenvalue weighted by Gasteiger charge is 2.33. The molecule has 1 fully saturated rings. The summed E-state index contributed by atoms with van der Waals surface area (Å²) in [6.45, 7) is 12.8. The molecule has 3 aromatic rings. The Morgan fingerprint density at radius 3 is 1.94 bits per heavy atom. The monoisotopic (exact) mass is 680 g/mol. The van der Waals surface area contributed by atoms with Gasteiger partial charge in [0, 0.05) is 25.2 Å². The molecule has 11 heteroatoms. The molecule has 0 aromatic heterocycles. The molecule has 266 valence electrons. The maximum Gasteiger partial charge on any atom is 0.343 e. The minimum absolute atomic E-state index is 0.163. The van der Waals surface area contributed by atoms with E-state index in [2.05, 4.69) is 13.5 Å². The number of esters is 2. The zero-order valence-electron chi connectivity index (χ0n) is 28.7. The zero-order valence-corrected chi connectivity index (χ0v) is 28.7. The van der Waals surface area contributed by atoms with Crippen LogP contribution in [-0.2, 0) is 28.5 Å². The average molecular weight is 681 g/mol. The van der Waals surface area contributed by atoms with Gasteiger partial charge in [-0.2, -0.15) is 0 Å². The van der Waals surface area contributed by atoms with Crippen LogP contribution >= 0.6 is 0 Å². The first kappa shape index (κ1) is 39.0. The van der Waals surface area contributed by atoms with Gasteiger partial charge in [0.25, 0.3) is 0 Å². The lowest BCUT2D eigenvalue weighted by Gasteiger charge is -2.37. The van der Waals surface area contributed by atoms with Crippen molar-refractivity contribution in [3.8, 4) is 23.0 Å². The highest BCUT2D eigenvalue weighted by atomic mass is 16.7. The van der Waals surface area contributed by atoms with Gasteiger partial charge in [-0.05, 0) is 80.4 Å². The molecule has 0 atom stereocenters. The Balaban J connectivity index is 0.000000308. The molecule has 11 nitrogen and oxygen atoms in total. The molecule has 0 saturated carbocycles. The molecule has 0 radical (unpaired) electrons. The predicted molar refractivity (Wildman–Crippen MR) is 183 cm³/mol. The Labute approximate surface area is 288 Å². The highest BCUT2D eigenvalue weighted by Crippen LogP contribution is 2.26. The Hall–Kier alpha value is -4.42. The maximum absolute atomic E-state index is 12.3. The van der Waals surface area contributed by atoms with Gasteiger partial charge in [-0.25, -0.2) is 9.59 Å². The van der Waals surface area contributed by atoms with Gasteiger partial charge < -0.3 is 42.6 Å². The second-order valence-corrected chi connectivity index (χ2v) is 11.5. The van der Waals surface area contributed by atoms with Crippen molar-refractivity contribution in [2.45, 2.75) is 26.7 Å².